The summed E-state index contributed by atoms with van der Waals surface area (Å²) < 4.78 is 16.7. The van der Waals surface area contributed by atoms with Gasteiger partial charge in [-0.3, -0.25) is 0 Å². The number of carbonyl (C=O) groups is 1. The molecule has 0 radical (unpaired) electrons. The number of cyclic esters (lactones) is 1. The number of esters is 1. The first-order valence-electron chi connectivity index (χ1n) is 6.19. The molecule has 0 aliphatic carbocycles. The van der Waals surface area contributed by atoms with E-state index in [0.29, 0.717) is 0 Å². The van der Waals surface area contributed by atoms with Crippen LogP contribution in [0.3, 0.4) is 0 Å². The van der Waals surface area contributed by atoms with E-state index in [2.05, 4.69) is 12.2 Å². The van der Waals surface area contributed by atoms with Gasteiger partial charge in [-0.2, -0.15) is 0 Å². The molecule has 4 nitrogen and oxygen atoms in total. The molecule has 0 aromatic heterocycles. The van der Waals surface area contributed by atoms with Crippen molar-refractivity contribution in [3.63, 3.8) is 0 Å². The zero-order valence-electron chi connectivity index (χ0n) is 10.6. The van der Waals surface area contributed by atoms with Crippen LogP contribution in [-0.4, -0.2) is 30.1 Å². The summed E-state index contributed by atoms with van der Waals surface area (Å²) in [6.07, 6.45) is 5.72. The van der Waals surface area contributed by atoms with Crippen LogP contribution in [0.4, 0.5) is 0 Å². The Morgan fingerprint density at radius 3 is 2.82 bits per heavy atom. The predicted octanol–water partition coefficient (Wildman–Crippen LogP) is 2.18. The Morgan fingerprint density at radius 1 is 1.29 bits per heavy atom. The molecule has 0 unspecified atom stereocenters. The van der Waals surface area contributed by atoms with Crippen LogP contribution in [0, 0.1) is 0 Å². The maximum absolute atomic E-state index is 12.0. The van der Waals surface area contributed by atoms with Crippen molar-refractivity contribution in [2.75, 3.05) is 0 Å². The minimum absolute atomic E-state index is 0.107. The molecule has 3 atom stereocenters. The summed E-state index contributed by atoms with van der Waals surface area (Å²) in [4.78, 5) is 12.0. The van der Waals surface area contributed by atoms with Crippen molar-refractivity contribution in [3.8, 4) is 0 Å². The van der Waals surface area contributed by atoms with Crippen molar-refractivity contribution < 1.29 is 19.0 Å². The van der Waals surface area contributed by atoms with Crippen molar-refractivity contribution in [1.29, 1.82) is 0 Å². The lowest BCUT2D eigenvalue weighted by Gasteiger charge is -2.19. The average Bonchev–Trinajstić information content (AvgIpc) is 2.53. The second kappa shape index (κ2) is 4.78. The molecule has 0 spiro atoms. The SMILES string of the molecule is C[C@H]1C/C=C\CC[C@@H]2OC(C)(C)O[C@@H]2C(=O)O1. The van der Waals surface area contributed by atoms with E-state index in [1.807, 2.05) is 20.8 Å². The van der Waals surface area contributed by atoms with E-state index >= 15 is 0 Å². The van der Waals surface area contributed by atoms with Gasteiger partial charge in [0.15, 0.2) is 11.9 Å². The fourth-order valence-corrected chi connectivity index (χ4v) is 2.23. The van der Waals surface area contributed by atoms with Crippen molar-refractivity contribution in [2.24, 2.45) is 0 Å². The van der Waals surface area contributed by atoms with Gasteiger partial charge in [-0.25, -0.2) is 4.79 Å². The van der Waals surface area contributed by atoms with Crippen LogP contribution in [0.1, 0.15) is 40.0 Å². The molecule has 1 saturated heterocycles. The van der Waals surface area contributed by atoms with Gasteiger partial charge >= 0.3 is 5.97 Å². The number of hydrogen-bond acceptors (Lipinski definition) is 4. The third-order valence-electron chi connectivity index (χ3n) is 2.99. The molecule has 4 heteroatoms. The third-order valence-corrected chi connectivity index (χ3v) is 2.99. The van der Waals surface area contributed by atoms with Crippen molar-refractivity contribution in [2.45, 2.75) is 64.1 Å². The Kier molecular flexibility index (Phi) is 3.54. The maximum Gasteiger partial charge on any atom is 0.338 e. The van der Waals surface area contributed by atoms with E-state index in [1.54, 1.807) is 0 Å². The molecule has 2 rings (SSSR count). The zero-order valence-corrected chi connectivity index (χ0v) is 10.6. The molecule has 2 aliphatic heterocycles. The van der Waals surface area contributed by atoms with E-state index in [-0.39, 0.29) is 18.2 Å². The van der Waals surface area contributed by atoms with Crippen LogP contribution in [0.5, 0.6) is 0 Å². The summed E-state index contributed by atoms with van der Waals surface area (Å²) in [6, 6.07) is 0. The van der Waals surface area contributed by atoms with Crippen LogP contribution < -0.4 is 0 Å². The van der Waals surface area contributed by atoms with E-state index in [4.69, 9.17) is 14.2 Å². The molecule has 96 valence electrons. The molecular formula is C13H20O4. The number of rotatable bonds is 0. The fourth-order valence-electron chi connectivity index (χ4n) is 2.23. The minimum Gasteiger partial charge on any atom is -0.460 e. The average molecular weight is 240 g/mol. The number of fused-ring (bicyclic) bond motifs is 1. The van der Waals surface area contributed by atoms with Crippen molar-refractivity contribution in [1.82, 2.24) is 0 Å². The van der Waals surface area contributed by atoms with Gasteiger partial charge < -0.3 is 14.2 Å². The topological polar surface area (TPSA) is 44.8 Å². The second-order valence-electron chi connectivity index (χ2n) is 5.13. The first kappa shape index (κ1) is 12.6. The monoisotopic (exact) mass is 240 g/mol. The van der Waals surface area contributed by atoms with E-state index < -0.39 is 11.9 Å². The van der Waals surface area contributed by atoms with Gasteiger partial charge in [0, 0.05) is 6.42 Å². The lowest BCUT2D eigenvalue weighted by Crippen LogP contribution is -2.35. The van der Waals surface area contributed by atoms with E-state index in [9.17, 15) is 4.79 Å². The van der Waals surface area contributed by atoms with Gasteiger partial charge in [0.2, 0.25) is 0 Å². The van der Waals surface area contributed by atoms with Crippen LogP contribution in [-0.2, 0) is 19.0 Å². The highest BCUT2D eigenvalue weighted by Gasteiger charge is 2.45. The van der Waals surface area contributed by atoms with Crippen molar-refractivity contribution >= 4 is 5.97 Å². The molecule has 0 amide bonds. The summed E-state index contributed by atoms with van der Waals surface area (Å²) in [5, 5.41) is 0. The van der Waals surface area contributed by atoms with Crippen LogP contribution >= 0.6 is 0 Å². The molecule has 2 aliphatic rings. The van der Waals surface area contributed by atoms with Gasteiger partial charge in [0.25, 0.3) is 0 Å². The largest absolute Gasteiger partial charge is 0.460 e. The Morgan fingerprint density at radius 2 is 2.06 bits per heavy atom. The fraction of sp³-hybridized carbons (Fsp3) is 0.769. The Bertz CT molecular complexity index is 321. The van der Waals surface area contributed by atoms with Gasteiger partial charge in [0.05, 0.1) is 6.10 Å². The first-order valence-corrected chi connectivity index (χ1v) is 6.19. The lowest BCUT2D eigenvalue weighted by atomic mass is 10.1. The molecule has 0 bridgehead atoms. The molecular weight excluding hydrogens is 220 g/mol. The molecule has 0 saturated carbocycles. The summed E-state index contributed by atoms with van der Waals surface area (Å²) in [5.74, 6) is -1.00. The Balaban J connectivity index is 2.13. The Labute approximate surface area is 102 Å². The smallest absolute Gasteiger partial charge is 0.338 e. The molecule has 2 heterocycles. The predicted molar refractivity (Wildman–Crippen MR) is 62.4 cm³/mol. The third kappa shape index (κ3) is 3.07. The molecule has 1 fully saturated rings. The van der Waals surface area contributed by atoms with Gasteiger partial charge in [0.1, 0.15) is 6.10 Å². The van der Waals surface area contributed by atoms with Crippen LogP contribution in [0.2, 0.25) is 0 Å². The standard InChI is InChI=1S/C13H20O4/c1-9-7-5-4-6-8-10-11(12(14)15-9)17-13(2,3)16-10/h4-5,9-11H,6-8H2,1-3H3/b5-4-/t9-,10-,11-/m0/s1. The Hall–Kier alpha value is -0.870. The summed E-state index contributed by atoms with van der Waals surface area (Å²) in [6.45, 7) is 5.54. The van der Waals surface area contributed by atoms with E-state index in [0.717, 1.165) is 19.3 Å². The maximum atomic E-state index is 12.0. The summed E-state index contributed by atoms with van der Waals surface area (Å²) in [7, 11) is 0. The van der Waals surface area contributed by atoms with Gasteiger partial charge in [-0.05, 0) is 33.6 Å². The molecule has 0 N–H and O–H groups in total. The second-order valence-corrected chi connectivity index (χ2v) is 5.13. The molecule has 0 aromatic rings. The van der Waals surface area contributed by atoms with Gasteiger partial charge in [-0.1, -0.05) is 12.2 Å². The quantitative estimate of drug-likeness (QED) is 0.481. The molecule has 17 heavy (non-hydrogen) atoms. The lowest BCUT2D eigenvalue weighted by molar-refractivity contribution is -0.173. The molecule has 0 aromatic carbocycles. The number of allylic oxidation sites excluding steroid dienone is 1. The normalized spacial score (nSPS) is 39.2. The zero-order chi connectivity index (χ0) is 12.5. The number of carbonyl (C=O) groups excluding carboxylic acids is 1. The summed E-state index contributed by atoms with van der Waals surface area (Å²) >= 11 is 0. The summed E-state index contributed by atoms with van der Waals surface area (Å²) in [5.41, 5.74) is 0. The first-order chi connectivity index (χ1) is 7.98. The van der Waals surface area contributed by atoms with Crippen molar-refractivity contribution in [3.05, 3.63) is 12.2 Å². The van der Waals surface area contributed by atoms with Crippen LogP contribution in [0.15, 0.2) is 12.2 Å². The number of hydrogen-bond donors (Lipinski definition) is 0. The van der Waals surface area contributed by atoms with Gasteiger partial charge in [-0.15, -0.1) is 0 Å². The highest BCUT2D eigenvalue weighted by Crippen LogP contribution is 2.32. The van der Waals surface area contributed by atoms with E-state index in [1.165, 1.54) is 0 Å². The number of ether oxygens (including phenoxy) is 3. The highest BCUT2D eigenvalue weighted by molar-refractivity contribution is 5.76. The minimum atomic E-state index is -0.699. The highest BCUT2D eigenvalue weighted by atomic mass is 16.8. The van der Waals surface area contributed by atoms with Crippen LogP contribution in [0.25, 0.3) is 0 Å².